The minimum absolute atomic E-state index is 0.0456. The zero-order chi connectivity index (χ0) is 78.5. The molecule has 0 radical (unpaired) electrons. The number of nitrogens with two attached hydrogens (primary N) is 5. The minimum atomic E-state index is -1.30. The molecular formula is C60H49Cl5F4N30O9. The Labute approximate surface area is 626 Å². The summed E-state index contributed by atoms with van der Waals surface area (Å²) in [5.41, 5.74) is 27.2. The van der Waals surface area contributed by atoms with Crippen molar-refractivity contribution in [1.29, 1.82) is 0 Å². The first-order chi connectivity index (χ1) is 51.6. The van der Waals surface area contributed by atoms with Crippen molar-refractivity contribution in [2.45, 2.75) is 25.7 Å². The molecule has 2 aromatic carbocycles. The van der Waals surface area contributed by atoms with Crippen LogP contribution in [0.2, 0.25) is 25.8 Å². The summed E-state index contributed by atoms with van der Waals surface area (Å²) < 4.78 is 65.2. The second kappa shape index (κ2) is 37.4. The first-order valence-corrected chi connectivity index (χ1v) is 31.6. The van der Waals surface area contributed by atoms with E-state index in [0.717, 1.165) is 38.7 Å². The highest BCUT2D eigenvalue weighted by atomic mass is 35.5. The Morgan fingerprint density at radius 3 is 1.14 bits per heavy atom. The molecule has 0 spiro atoms. The Morgan fingerprint density at radius 1 is 0.444 bits per heavy atom. The molecule has 13 rings (SSSR count). The Balaban J connectivity index is 0.000000173. The number of ketones is 2. The van der Waals surface area contributed by atoms with Crippen molar-refractivity contribution >= 4 is 129 Å². The van der Waals surface area contributed by atoms with E-state index in [1.54, 1.807) is 19.5 Å². The number of halogens is 9. The molecule has 39 nitrogen and oxygen atoms in total. The molecule has 0 unspecified atom stereocenters. The van der Waals surface area contributed by atoms with Crippen LogP contribution in [0.1, 0.15) is 76.4 Å². The number of ether oxygens (including phenoxy) is 2. The molecule has 11 heterocycles. The lowest BCUT2D eigenvalue weighted by atomic mass is 10.0. The SMILES string of the molecule is C1=NCN=C1.COC(=O)c1nc(Cl)c(-n2nccn2)nc1N.COC(=O)c1nc(Cl)c(Cl)nc1N.Cn1cc(-c2nc(C(=O)CCc3c(F)cccc3F)c(N)nc2-n2nccn2)ccc1=O.Nc1nc(-n2nccn2)c(Cl)nc1C(=O)CCc1c(F)cccc1F.Nc1nc(-n2nccn2)c(Cl)nc1C(=O)O. The largest absolute Gasteiger partial charge is 0.476 e. The topological polar surface area (TPSA) is 553 Å². The van der Waals surface area contributed by atoms with Gasteiger partial charge in [-0.1, -0.05) is 70.1 Å². The molecular weight excluding hydrogens is 1540 g/mol. The van der Waals surface area contributed by atoms with Crippen molar-refractivity contribution in [3.8, 4) is 34.5 Å². The van der Waals surface area contributed by atoms with Gasteiger partial charge in [0.1, 0.15) is 47.0 Å². The van der Waals surface area contributed by atoms with Gasteiger partial charge in [-0.05, 0) is 43.2 Å². The van der Waals surface area contributed by atoms with E-state index >= 15 is 0 Å². The van der Waals surface area contributed by atoms with Gasteiger partial charge in [-0.3, -0.25) is 24.4 Å². The number of hydrogen-bond acceptors (Lipinski definition) is 33. The van der Waals surface area contributed by atoms with Gasteiger partial charge in [0.15, 0.2) is 83.5 Å². The summed E-state index contributed by atoms with van der Waals surface area (Å²) in [5.74, 6) is -7.05. The number of carbonyl (C=O) groups excluding carboxylic acids is 4. The monoisotopic (exact) mass is 1580 g/mol. The van der Waals surface area contributed by atoms with Crippen molar-refractivity contribution in [2.24, 2.45) is 17.0 Å². The average Bonchev–Trinajstić information content (AvgIpc) is 1.23. The molecule has 0 saturated heterocycles. The van der Waals surface area contributed by atoms with Gasteiger partial charge >= 0.3 is 17.9 Å². The van der Waals surface area contributed by atoms with Crippen LogP contribution in [0.15, 0.2) is 119 Å². The van der Waals surface area contributed by atoms with Crippen LogP contribution in [-0.4, -0.2) is 182 Å². The van der Waals surface area contributed by atoms with Gasteiger partial charge in [0.25, 0.3) is 0 Å². The number of hydrogen-bond donors (Lipinski definition) is 6. The van der Waals surface area contributed by atoms with Crippen molar-refractivity contribution < 1.29 is 56.1 Å². The Hall–Kier alpha value is -13.4. The number of methoxy groups -OCH3 is 2. The molecule has 0 aliphatic carbocycles. The van der Waals surface area contributed by atoms with Crippen LogP contribution in [0.5, 0.6) is 0 Å². The molecule has 1 aliphatic heterocycles. The number of aliphatic imine (C=N–C) groups is 2. The van der Waals surface area contributed by atoms with Gasteiger partial charge < -0.3 is 47.8 Å². The molecule has 0 bridgehead atoms. The van der Waals surface area contributed by atoms with Gasteiger partial charge in [0.05, 0.1) is 63.8 Å². The van der Waals surface area contributed by atoms with Gasteiger partial charge in [-0.15, -0.1) is 19.2 Å². The molecule has 48 heteroatoms. The van der Waals surface area contributed by atoms with Gasteiger partial charge in [-0.25, -0.2) is 81.8 Å². The van der Waals surface area contributed by atoms with E-state index < -0.39 is 58.4 Å². The molecule has 1 aliphatic rings. The number of anilines is 5. The zero-order valence-electron chi connectivity index (χ0n) is 55.2. The van der Waals surface area contributed by atoms with E-state index in [1.165, 1.54) is 104 Å². The third-order valence-electron chi connectivity index (χ3n) is 13.4. The quantitative estimate of drug-likeness (QED) is 0.0377. The van der Waals surface area contributed by atoms with Crippen LogP contribution in [0.4, 0.5) is 46.7 Å². The van der Waals surface area contributed by atoms with E-state index in [-0.39, 0.29) is 149 Å². The van der Waals surface area contributed by atoms with Crippen LogP contribution >= 0.6 is 58.0 Å². The number of benzene rings is 2. The van der Waals surface area contributed by atoms with Crippen molar-refractivity contribution in [3.05, 3.63) is 203 Å². The fraction of sp³-hybridized carbons (Fsp3) is 0.133. The molecule has 0 saturated carbocycles. The standard InChI is InChI=1S/C21H17F2N7O2.C15H11ClF2N6O.C8H7ClN6O2.C7H5ClN6O2.C6H5Cl2N3O2.C3H4N2/c1-29-11-12(5-8-17(29)32)18-21(30-25-9-10-26-30)28-20(24)19(27-18)16(31)7-6-13-14(22)3-2-4-15(13)23;16-13-15(24-20-6-7-21-24)23-14(19)12(22-13)11(25)5-4-8-9(17)2-1-3-10(8)18;1-17-8(16)4-6(10)14-7(5(9)13-4)15-11-2-3-12-15;8-4-6(14-10-1-2-11-14)13-5(9)3(12-4)7(15)16;1-13-6(12)2-5(9)11-4(8)3(7)10-2;1-2-5-3-4-1/h2-5,8-11H,6-7H2,1H3,(H2,24,28);1-3,6-7H,4-5H2,(H2,19,23);2-3H,1H3,(H2,10,14);1-2H,(H2,9,13)(H,15,16);1H3,(H2,9,11);1-2H,3H2. The average molecular weight is 1590 g/mol. The van der Waals surface area contributed by atoms with Crippen LogP contribution in [-0.2, 0) is 29.4 Å². The molecule has 0 amide bonds. The second-order valence-corrected chi connectivity index (χ2v) is 22.2. The van der Waals surface area contributed by atoms with Gasteiger partial charge in [0.2, 0.25) is 28.8 Å². The molecule has 10 aromatic heterocycles. The number of carboxylic acids is 1. The molecule has 0 atom stereocenters. The molecule has 556 valence electrons. The smallest absolute Gasteiger partial charge is 0.360 e. The van der Waals surface area contributed by atoms with Crippen LogP contribution in [0.3, 0.4) is 0 Å². The number of carbonyl (C=O) groups is 5. The summed E-state index contributed by atoms with van der Waals surface area (Å²) in [6.45, 7) is 0.639. The number of nitrogens with zero attached hydrogens (tertiary/aromatic N) is 25. The lowest BCUT2D eigenvalue weighted by Gasteiger charge is -2.12. The third kappa shape index (κ3) is 20.5. The van der Waals surface area contributed by atoms with E-state index in [0.29, 0.717) is 12.2 Å². The Bertz CT molecular complexity index is 5330. The van der Waals surface area contributed by atoms with Crippen LogP contribution in [0, 0.1) is 23.3 Å². The lowest BCUT2D eigenvalue weighted by molar-refractivity contribution is 0.0586. The maximum Gasteiger partial charge on any atom is 0.360 e. The zero-order valence-corrected chi connectivity index (χ0v) is 59.0. The normalized spacial score (nSPS) is 10.9. The number of esters is 2. The number of Topliss-reactive ketones (excluding diaryl/α,β-unsaturated/α-hetero) is 2. The van der Waals surface area contributed by atoms with Gasteiger partial charge in [0, 0.05) is 61.3 Å². The molecule has 108 heavy (non-hydrogen) atoms. The minimum Gasteiger partial charge on any atom is -0.476 e. The Morgan fingerprint density at radius 2 is 0.769 bits per heavy atom. The van der Waals surface area contributed by atoms with Crippen LogP contribution in [0.25, 0.3) is 34.5 Å². The predicted molar refractivity (Wildman–Crippen MR) is 377 cm³/mol. The number of rotatable bonds is 16. The number of carboxylic acid groups (broad SMARTS) is 1. The number of aryl methyl sites for hydroxylation is 1. The fourth-order valence-corrected chi connectivity index (χ4v) is 9.27. The summed E-state index contributed by atoms with van der Waals surface area (Å²) in [5, 5.41) is 39.3. The van der Waals surface area contributed by atoms with E-state index in [1.807, 2.05) is 0 Å². The van der Waals surface area contributed by atoms with Crippen molar-refractivity contribution in [1.82, 2.24) is 114 Å². The van der Waals surface area contributed by atoms with E-state index in [9.17, 15) is 46.3 Å². The summed E-state index contributed by atoms with van der Waals surface area (Å²) in [6, 6.07) is 9.87. The second-order valence-electron chi connectivity index (χ2n) is 20.4. The third-order valence-corrected chi connectivity index (χ3v) is 14.8. The summed E-state index contributed by atoms with van der Waals surface area (Å²) >= 11 is 28.6. The van der Waals surface area contributed by atoms with Crippen molar-refractivity contribution in [2.75, 3.05) is 49.6 Å². The van der Waals surface area contributed by atoms with E-state index in [2.05, 4.69) is 110 Å². The summed E-state index contributed by atoms with van der Waals surface area (Å²) in [7, 11) is 3.98. The summed E-state index contributed by atoms with van der Waals surface area (Å²) in [6.07, 6.45) is 15.6. The highest BCUT2D eigenvalue weighted by Gasteiger charge is 2.25. The Kier molecular flexibility index (Phi) is 27.8. The van der Waals surface area contributed by atoms with E-state index in [4.69, 9.17) is 91.8 Å². The van der Waals surface area contributed by atoms with Crippen LogP contribution < -0.4 is 34.2 Å². The first-order valence-electron chi connectivity index (χ1n) is 29.7. The lowest BCUT2D eigenvalue weighted by Crippen LogP contribution is -2.17. The first kappa shape index (κ1) is 80.3. The number of aromatic carboxylic acids is 1. The summed E-state index contributed by atoms with van der Waals surface area (Å²) in [4.78, 5) is 121. The van der Waals surface area contributed by atoms with Gasteiger partial charge in [-0.2, -0.15) is 40.8 Å². The maximum absolute atomic E-state index is 13.9. The fourth-order valence-electron chi connectivity index (χ4n) is 8.40. The molecule has 0 fully saturated rings. The molecule has 11 N–H and O–H groups in total. The van der Waals surface area contributed by atoms with Crippen molar-refractivity contribution in [3.63, 3.8) is 0 Å². The highest BCUT2D eigenvalue weighted by molar-refractivity contribution is 6.40. The predicted octanol–water partition coefficient (Wildman–Crippen LogP) is 5.81. The molecule has 12 aromatic rings. The number of pyridine rings is 1. The number of aromatic nitrogens is 23. The maximum atomic E-state index is 13.9. The highest BCUT2D eigenvalue weighted by Crippen LogP contribution is 2.28. The number of nitrogen functional groups attached to an aromatic ring is 5.